The van der Waals surface area contributed by atoms with Crippen molar-refractivity contribution in [3.8, 4) is 0 Å². The second kappa shape index (κ2) is 3.46. The molecular formula is C12H16N2. The number of hydrogen-bond acceptors (Lipinski definition) is 1. The molecule has 1 atom stereocenters. The summed E-state index contributed by atoms with van der Waals surface area (Å²) in [7, 11) is 0. The minimum atomic E-state index is 0.199. The monoisotopic (exact) mass is 188 g/mol. The summed E-state index contributed by atoms with van der Waals surface area (Å²) in [6.07, 6.45) is 2.17. The first kappa shape index (κ1) is 9.28. The van der Waals surface area contributed by atoms with Crippen molar-refractivity contribution in [2.24, 2.45) is 5.73 Å². The number of aromatic nitrogens is 1. The maximum atomic E-state index is 5.80. The van der Waals surface area contributed by atoms with E-state index in [9.17, 15) is 0 Å². The third-order valence-corrected chi connectivity index (χ3v) is 2.47. The molecule has 0 spiro atoms. The summed E-state index contributed by atoms with van der Waals surface area (Å²) < 4.78 is 2.23. The number of nitrogens with zero attached hydrogens (tertiary/aromatic N) is 1. The molecule has 0 aliphatic heterocycles. The van der Waals surface area contributed by atoms with E-state index in [1.807, 2.05) is 6.92 Å². The smallest absolute Gasteiger partial charge is 0.0483 e. The average molecular weight is 188 g/mol. The Morgan fingerprint density at radius 2 is 2.07 bits per heavy atom. The van der Waals surface area contributed by atoms with Crippen LogP contribution in [0, 0.1) is 6.92 Å². The van der Waals surface area contributed by atoms with Gasteiger partial charge in [0.25, 0.3) is 0 Å². The highest BCUT2D eigenvalue weighted by atomic mass is 15.0. The molecule has 0 aliphatic carbocycles. The fraction of sp³-hybridized carbons (Fsp3) is 0.333. The highest BCUT2D eigenvalue weighted by Gasteiger charge is 2.05. The highest BCUT2D eigenvalue weighted by molar-refractivity contribution is 5.83. The Hall–Kier alpha value is -1.28. The van der Waals surface area contributed by atoms with Crippen LogP contribution in [0.4, 0.5) is 0 Å². The van der Waals surface area contributed by atoms with Crippen LogP contribution in [0.15, 0.2) is 30.5 Å². The second-order valence-corrected chi connectivity index (χ2v) is 3.96. The van der Waals surface area contributed by atoms with Crippen LogP contribution in [-0.4, -0.2) is 10.6 Å². The Morgan fingerprint density at radius 1 is 1.36 bits per heavy atom. The number of nitrogens with two attached hydrogens (primary N) is 1. The zero-order valence-corrected chi connectivity index (χ0v) is 8.70. The molecule has 2 heteroatoms. The molecule has 0 saturated carbocycles. The lowest BCUT2D eigenvalue weighted by Gasteiger charge is -2.07. The molecule has 0 fully saturated rings. The van der Waals surface area contributed by atoms with Crippen LogP contribution in [0.5, 0.6) is 0 Å². The van der Waals surface area contributed by atoms with E-state index in [0.29, 0.717) is 0 Å². The van der Waals surface area contributed by atoms with Gasteiger partial charge < -0.3 is 10.3 Å². The number of para-hydroxylation sites is 1. The number of fused-ring (bicyclic) bond motifs is 1. The molecule has 2 rings (SSSR count). The van der Waals surface area contributed by atoms with E-state index >= 15 is 0 Å². The SMILES string of the molecule is Cc1cn(CC(C)N)c2ccccc12. The van der Waals surface area contributed by atoms with Crippen LogP contribution in [0.3, 0.4) is 0 Å². The van der Waals surface area contributed by atoms with Crippen molar-refractivity contribution in [1.29, 1.82) is 0 Å². The van der Waals surface area contributed by atoms with Crippen molar-refractivity contribution < 1.29 is 0 Å². The Labute approximate surface area is 84.3 Å². The van der Waals surface area contributed by atoms with Crippen molar-refractivity contribution in [3.05, 3.63) is 36.0 Å². The van der Waals surface area contributed by atoms with Gasteiger partial charge in [-0.2, -0.15) is 0 Å². The van der Waals surface area contributed by atoms with E-state index < -0.39 is 0 Å². The van der Waals surface area contributed by atoms with Gasteiger partial charge in [0, 0.05) is 29.7 Å². The molecule has 0 aliphatic rings. The Kier molecular flexibility index (Phi) is 2.30. The molecule has 0 amide bonds. The Balaban J connectivity index is 2.55. The fourth-order valence-corrected chi connectivity index (χ4v) is 1.89. The maximum absolute atomic E-state index is 5.80. The number of rotatable bonds is 2. The summed E-state index contributed by atoms with van der Waals surface area (Å²) in [5, 5.41) is 1.33. The molecule has 0 bridgehead atoms. The number of benzene rings is 1. The summed E-state index contributed by atoms with van der Waals surface area (Å²) in [4.78, 5) is 0. The van der Waals surface area contributed by atoms with Crippen LogP contribution >= 0.6 is 0 Å². The molecule has 74 valence electrons. The first-order valence-corrected chi connectivity index (χ1v) is 4.98. The summed E-state index contributed by atoms with van der Waals surface area (Å²) in [6.45, 7) is 5.05. The van der Waals surface area contributed by atoms with Crippen LogP contribution in [0.2, 0.25) is 0 Å². The highest BCUT2D eigenvalue weighted by Crippen LogP contribution is 2.20. The fourth-order valence-electron chi connectivity index (χ4n) is 1.89. The van der Waals surface area contributed by atoms with E-state index in [-0.39, 0.29) is 6.04 Å². The number of hydrogen-bond donors (Lipinski definition) is 1. The molecule has 0 radical (unpaired) electrons. The summed E-state index contributed by atoms with van der Waals surface area (Å²) in [5.74, 6) is 0. The summed E-state index contributed by atoms with van der Waals surface area (Å²) in [6, 6.07) is 8.64. The molecule has 2 nitrogen and oxygen atoms in total. The standard InChI is InChI=1S/C12H16N2/c1-9-7-14(8-10(2)13)12-6-4-3-5-11(9)12/h3-7,10H,8,13H2,1-2H3. The van der Waals surface area contributed by atoms with Gasteiger partial charge in [0.1, 0.15) is 0 Å². The van der Waals surface area contributed by atoms with E-state index in [4.69, 9.17) is 5.73 Å². The van der Waals surface area contributed by atoms with Crippen molar-refractivity contribution in [3.63, 3.8) is 0 Å². The van der Waals surface area contributed by atoms with Crippen LogP contribution in [0.25, 0.3) is 10.9 Å². The lowest BCUT2D eigenvalue weighted by molar-refractivity contribution is 0.605. The van der Waals surface area contributed by atoms with E-state index in [0.717, 1.165) is 6.54 Å². The van der Waals surface area contributed by atoms with Gasteiger partial charge in [-0.3, -0.25) is 0 Å². The first-order valence-electron chi connectivity index (χ1n) is 4.98. The minimum Gasteiger partial charge on any atom is -0.346 e. The lowest BCUT2D eigenvalue weighted by Crippen LogP contribution is -2.21. The predicted octanol–water partition coefficient (Wildman–Crippen LogP) is 2.30. The molecule has 1 aromatic heterocycles. The quantitative estimate of drug-likeness (QED) is 0.770. The molecule has 1 aromatic carbocycles. The topological polar surface area (TPSA) is 30.9 Å². The Morgan fingerprint density at radius 3 is 2.79 bits per heavy atom. The van der Waals surface area contributed by atoms with Crippen LogP contribution in [0.1, 0.15) is 12.5 Å². The summed E-state index contributed by atoms with van der Waals surface area (Å²) in [5.41, 5.74) is 8.40. The van der Waals surface area contributed by atoms with Crippen molar-refractivity contribution >= 4 is 10.9 Å². The van der Waals surface area contributed by atoms with Gasteiger partial charge in [-0.15, -0.1) is 0 Å². The second-order valence-electron chi connectivity index (χ2n) is 3.96. The van der Waals surface area contributed by atoms with Gasteiger partial charge in [-0.1, -0.05) is 18.2 Å². The minimum absolute atomic E-state index is 0.199. The molecule has 1 heterocycles. The van der Waals surface area contributed by atoms with Gasteiger partial charge in [-0.25, -0.2) is 0 Å². The van der Waals surface area contributed by atoms with Gasteiger partial charge >= 0.3 is 0 Å². The van der Waals surface area contributed by atoms with Crippen molar-refractivity contribution in [1.82, 2.24) is 4.57 Å². The third-order valence-electron chi connectivity index (χ3n) is 2.47. The molecular weight excluding hydrogens is 172 g/mol. The average Bonchev–Trinajstić information content (AvgIpc) is 2.44. The predicted molar refractivity (Wildman–Crippen MR) is 60.3 cm³/mol. The van der Waals surface area contributed by atoms with Gasteiger partial charge in [0.2, 0.25) is 0 Å². The van der Waals surface area contributed by atoms with Gasteiger partial charge in [0.15, 0.2) is 0 Å². The zero-order valence-electron chi connectivity index (χ0n) is 8.70. The van der Waals surface area contributed by atoms with Crippen LogP contribution < -0.4 is 5.73 Å². The Bertz CT molecular complexity index is 441. The van der Waals surface area contributed by atoms with Crippen molar-refractivity contribution in [2.75, 3.05) is 0 Å². The van der Waals surface area contributed by atoms with E-state index in [1.54, 1.807) is 0 Å². The van der Waals surface area contributed by atoms with Gasteiger partial charge in [-0.05, 0) is 25.5 Å². The third kappa shape index (κ3) is 1.53. The molecule has 14 heavy (non-hydrogen) atoms. The zero-order chi connectivity index (χ0) is 10.1. The van der Waals surface area contributed by atoms with Crippen LogP contribution in [-0.2, 0) is 6.54 Å². The largest absolute Gasteiger partial charge is 0.346 e. The maximum Gasteiger partial charge on any atom is 0.0483 e. The van der Waals surface area contributed by atoms with E-state index in [1.165, 1.54) is 16.5 Å². The normalized spacial score (nSPS) is 13.4. The molecule has 2 aromatic rings. The molecule has 2 N–H and O–H groups in total. The number of aryl methyl sites for hydroxylation is 1. The molecule has 1 unspecified atom stereocenters. The molecule has 0 saturated heterocycles. The first-order chi connectivity index (χ1) is 6.68. The summed E-state index contributed by atoms with van der Waals surface area (Å²) >= 11 is 0. The van der Waals surface area contributed by atoms with Crippen molar-refractivity contribution in [2.45, 2.75) is 26.4 Å². The van der Waals surface area contributed by atoms with E-state index in [2.05, 4.69) is 42.0 Å². The van der Waals surface area contributed by atoms with Gasteiger partial charge in [0.05, 0.1) is 0 Å². The lowest BCUT2D eigenvalue weighted by atomic mass is 10.2.